The molecule has 1 aliphatic carbocycles. The van der Waals surface area contributed by atoms with Crippen molar-refractivity contribution in [3.05, 3.63) is 72.4 Å². The SMILES string of the molecule is O=C(c1cc(-c2ccccc2)nn1-c1ccccc1)N(C1CC1)[C@@H]1CCS(=O)(=O)C1. The lowest BCUT2D eigenvalue weighted by atomic mass is 10.1. The molecule has 154 valence electrons. The molecule has 0 radical (unpaired) electrons. The van der Waals surface area contributed by atoms with Crippen LogP contribution in [0.2, 0.25) is 0 Å². The molecule has 1 atom stereocenters. The van der Waals surface area contributed by atoms with Gasteiger partial charge in [-0.05, 0) is 37.5 Å². The number of benzene rings is 2. The van der Waals surface area contributed by atoms with Gasteiger partial charge in [-0.15, -0.1) is 0 Å². The highest BCUT2D eigenvalue weighted by Gasteiger charge is 2.43. The second kappa shape index (κ2) is 7.40. The van der Waals surface area contributed by atoms with Gasteiger partial charge in [0.2, 0.25) is 0 Å². The number of sulfone groups is 1. The smallest absolute Gasteiger partial charge is 0.273 e. The molecule has 0 N–H and O–H groups in total. The van der Waals surface area contributed by atoms with E-state index in [1.807, 2.05) is 71.6 Å². The summed E-state index contributed by atoms with van der Waals surface area (Å²) in [7, 11) is -3.08. The van der Waals surface area contributed by atoms with Gasteiger partial charge in [0.25, 0.3) is 5.91 Å². The molecule has 0 spiro atoms. The Morgan fingerprint density at radius 3 is 2.20 bits per heavy atom. The first-order valence-corrected chi connectivity index (χ1v) is 12.1. The molecule has 0 unspecified atom stereocenters. The van der Waals surface area contributed by atoms with Crippen LogP contribution in [0.15, 0.2) is 66.7 Å². The largest absolute Gasteiger partial charge is 0.330 e. The highest BCUT2D eigenvalue weighted by Crippen LogP contribution is 2.34. The van der Waals surface area contributed by atoms with Gasteiger partial charge in [-0.3, -0.25) is 4.79 Å². The van der Waals surface area contributed by atoms with Crippen molar-refractivity contribution in [2.24, 2.45) is 0 Å². The van der Waals surface area contributed by atoms with Crippen LogP contribution in [-0.4, -0.2) is 52.6 Å². The van der Waals surface area contributed by atoms with Crippen molar-refractivity contribution < 1.29 is 13.2 Å². The monoisotopic (exact) mass is 421 g/mol. The molecule has 7 heteroatoms. The van der Waals surface area contributed by atoms with E-state index in [-0.39, 0.29) is 29.5 Å². The molecule has 2 heterocycles. The fraction of sp³-hybridized carbons (Fsp3) is 0.304. The molecule has 1 saturated carbocycles. The van der Waals surface area contributed by atoms with E-state index in [0.29, 0.717) is 12.1 Å². The van der Waals surface area contributed by atoms with Gasteiger partial charge in [0.05, 0.1) is 22.9 Å². The second-order valence-electron chi connectivity index (χ2n) is 8.03. The van der Waals surface area contributed by atoms with Crippen LogP contribution in [-0.2, 0) is 9.84 Å². The van der Waals surface area contributed by atoms with Gasteiger partial charge in [-0.25, -0.2) is 13.1 Å². The van der Waals surface area contributed by atoms with Gasteiger partial charge >= 0.3 is 0 Å². The molecule has 2 aliphatic rings. The Morgan fingerprint density at radius 2 is 1.60 bits per heavy atom. The summed E-state index contributed by atoms with van der Waals surface area (Å²) in [5.74, 6) is 0.0693. The van der Waals surface area contributed by atoms with Crippen molar-refractivity contribution in [1.82, 2.24) is 14.7 Å². The molecule has 2 fully saturated rings. The molecular formula is C23H23N3O3S. The number of carbonyl (C=O) groups excluding carboxylic acids is 1. The van der Waals surface area contributed by atoms with E-state index < -0.39 is 9.84 Å². The lowest BCUT2D eigenvalue weighted by molar-refractivity contribution is 0.0671. The highest BCUT2D eigenvalue weighted by molar-refractivity contribution is 7.91. The van der Waals surface area contributed by atoms with E-state index in [2.05, 4.69) is 0 Å². The fourth-order valence-corrected chi connectivity index (χ4v) is 5.87. The normalized spacial score (nSPS) is 20.2. The average Bonchev–Trinajstić information content (AvgIpc) is 3.37. The second-order valence-corrected chi connectivity index (χ2v) is 10.3. The van der Waals surface area contributed by atoms with Crippen molar-refractivity contribution in [3.63, 3.8) is 0 Å². The fourth-order valence-electron chi connectivity index (χ4n) is 4.16. The summed E-state index contributed by atoms with van der Waals surface area (Å²) < 4.78 is 25.8. The molecule has 2 aromatic carbocycles. The maximum atomic E-state index is 13.7. The van der Waals surface area contributed by atoms with Gasteiger partial charge in [-0.1, -0.05) is 48.5 Å². The average molecular weight is 422 g/mol. The lowest BCUT2D eigenvalue weighted by Gasteiger charge is -2.28. The number of rotatable bonds is 5. The molecule has 3 aromatic rings. The van der Waals surface area contributed by atoms with Crippen molar-refractivity contribution in [2.45, 2.75) is 31.3 Å². The molecule has 1 aliphatic heterocycles. The number of hydrogen-bond donors (Lipinski definition) is 0. The summed E-state index contributed by atoms with van der Waals surface area (Å²) in [4.78, 5) is 15.5. The Bertz CT molecular complexity index is 1170. The van der Waals surface area contributed by atoms with Crippen LogP contribution in [0.25, 0.3) is 16.9 Å². The van der Waals surface area contributed by atoms with Gasteiger partial charge in [0.1, 0.15) is 5.69 Å². The summed E-state index contributed by atoms with van der Waals surface area (Å²) >= 11 is 0. The van der Waals surface area contributed by atoms with E-state index in [4.69, 9.17) is 5.10 Å². The number of carbonyl (C=O) groups is 1. The van der Waals surface area contributed by atoms with E-state index in [1.165, 1.54) is 0 Å². The molecule has 6 nitrogen and oxygen atoms in total. The van der Waals surface area contributed by atoms with Crippen LogP contribution >= 0.6 is 0 Å². The van der Waals surface area contributed by atoms with E-state index in [1.54, 1.807) is 4.68 Å². The Labute approximate surface area is 176 Å². The zero-order chi connectivity index (χ0) is 20.7. The number of amides is 1. The number of hydrogen-bond acceptors (Lipinski definition) is 4. The third kappa shape index (κ3) is 3.65. The third-order valence-corrected chi connectivity index (χ3v) is 7.53. The van der Waals surface area contributed by atoms with Crippen LogP contribution in [0.3, 0.4) is 0 Å². The van der Waals surface area contributed by atoms with Crippen LogP contribution < -0.4 is 0 Å². The molecule has 0 bridgehead atoms. The van der Waals surface area contributed by atoms with Crippen molar-refractivity contribution >= 4 is 15.7 Å². The highest BCUT2D eigenvalue weighted by atomic mass is 32.2. The van der Waals surface area contributed by atoms with Gasteiger partial charge in [-0.2, -0.15) is 5.10 Å². The van der Waals surface area contributed by atoms with Crippen LogP contribution in [0.4, 0.5) is 0 Å². The van der Waals surface area contributed by atoms with E-state index in [0.717, 1.165) is 29.8 Å². The first kappa shape index (κ1) is 19.1. The van der Waals surface area contributed by atoms with E-state index >= 15 is 0 Å². The molecule has 1 saturated heterocycles. The van der Waals surface area contributed by atoms with Crippen molar-refractivity contribution in [3.8, 4) is 16.9 Å². The van der Waals surface area contributed by atoms with E-state index in [9.17, 15) is 13.2 Å². The summed E-state index contributed by atoms with van der Waals surface area (Å²) in [5.41, 5.74) is 2.93. The minimum absolute atomic E-state index is 0.0558. The zero-order valence-corrected chi connectivity index (χ0v) is 17.3. The Morgan fingerprint density at radius 1 is 0.933 bits per heavy atom. The summed E-state index contributed by atoms with van der Waals surface area (Å²) in [6.07, 6.45) is 2.36. The molecule has 5 rings (SSSR count). The Kier molecular flexibility index (Phi) is 4.70. The molecular weight excluding hydrogens is 398 g/mol. The number of aromatic nitrogens is 2. The molecule has 1 aromatic heterocycles. The first-order valence-electron chi connectivity index (χ1n) is 10.3. The Balaban J connectivity index is 1.58. The van der Waals surface area contributed by atoms with Crippen LogP contribution in [0.5, 0.6) is 0 Å². The predicted molar refractivity (Wildman–Crippen MR) is 115 cm³/mol. The van der Waals surface area contributed by atoms with Crippen LogP contribution in [0, 0.1) is 0 Å². The summed E-state index contributed by atoms with van der Waals surface area (Å²) in [6, 6.07) is 21.0. The Hall–Kier alpha value is -2.93. The van der Waals surface area contributed by atoms with Crippen LogP contribution in [0.1, 0.15) is 29.8 Å². The third-order valence-electron chi connectivity index (χ3n) is 5.78. The molecule has 1 amide bonds. The quantitative estimate of drug-likeness (QED) is 0.634. The first-order chi connectivity index (χ1) is 14.5. The number of para-hydroxylation sites is 1. The minimum Gasteiger partial charge on any atom is -0.330 e. The van der Waals surface area contributed by atoms with Gasteiger partial charge in [0, 0.05) is 17.6 Å². The lowest BCUT2D eigenvalue weighted by Crippen LogP contribution is -2.43. The maximum Gasteiger partial charge on any atom is 0.273 e. The minimum atomic E-state index is -3.08. The predicted octanol–water partition coefficient (Wildman–Crippen LogP) is 3.33. The van der Waals surface area contributed by atoms with Gasteiger partial charge < -0.3 is 4.90 Å². The standard InChI is InChI=1S/C23H23N3O3S/c27-23(25(18-11-12-18)20-13-14-30(28,29)16-20)22-15-21(17-7-3-1-4-8-17)24-26(22)19-9-5-2-6-10-19/h1-10,15,18,20H,11-14,16H2/t20-/m1/s1. The summed E-state index contributed by atoms with van der Waals surface area (Å²) in [5, 5.41) is 4.74. The summed E-state index contributed by atoms with van der Waals surface area (Å²) in [6.45, 7) is 0. The molecule has 30 heavy (non-hydrogen) atoms. The number of nitrogens with zero attached hydrogens (tertiary/aromatic N) is 3. The topological polar surface area (TPSA) is 72.3 Å². The zero-order valence-electron chi connectivity index (χ0n) is 16.5. The maximum absolute atomic E-state index is 13.7. The van der Waals surface area contributed by atoms with Crippen molar-refractivity contribution in [1.29, 1.82) is 0 Å². The van der Waals surface area contributed by atoms with Crippen molar-refractivity contribution in [2.75, 3.05) is 11.5 Å². The van der Waals surface area contributed by atoms with Gasteiger partial charge in [0.15, 0.2) is 9.84 Å².